The van der Waals surface area contributed by atoms with Gasteiger partial charge in [0.15, 0.2) is 0 Å². The molecule has 0 bridgehead atoms. The van der Waals surface area contributed by atoms with Crippen LogP contribution in [0.2, 0.25) is 0 Å². The number of fused-ring (bicyclic) bond motifs is 1. The zero-order chi connectivity index (χ0) is 25.7. The van der Waals surface area contributed by atoms with Gasteiger partial charge in [-0.15, -0.1) is 0 Å². The zero-order valence-electron chi connectivity index (χ0n) is 20.8. The predicted molar refractivity (Wildman–Crippen MR) is 137 cm³/mol. The van der Waals surface area contributed by atoms with Crippen LogP contribution in [0.15, 0.2) is 48.9 Å². The summed E-state index contributed by atoms with van der Waals surface area (Å²) >= 11 is 0. The van der Waals surface area contributed by atoms with Crippen molar-refractivity contribution < 1.29 is 14.2 Å². The van der Waals surface area contributed by atoms with E-state index < -0.39 is 5.82 Å². The van der Waals surface area contributed by atoms with Crippen molar-refractivity contribution >= 4 is 5.52 Å². The van der Waals surface area contributed by atoms with Crippen molar-refractivity contribution in [3.8, 4) is 34.5 Å². The zero-order valence-corrected chi connectivity index (χ0v) is 20.8. The summed E-state index contributed by atoms with van der Waals surface area (Å²) in [6.07, 6.45) is 7.52. The molecule has 0 saturated carbocycles. The van der Waals surface area contributed by atoms with Crippen LogP contribution in [0.4, 0.5) is 4.39 Å². The fourth-order valence-corrected chi connectivity index (χ4v) is 4.45. The first-order valence-corrected chi connectivity index (χ1v) is 12.0. The Labute approximate surface area is 210 Å². The van der Waals surface area contributed by atoms with E-state index in [4.69, 9.17) is 10.00 Å². The smallest absolute Gasteiger partial charge is 0.240 e. The average molecular weight is 488 g/mol. The molecule has 0 unspecified atom stereocenters. The van der Waals surface area contributed by atoms with Crippen LogP contribution in [0.1, 0.15) is 36.0 Å². The number of benzene rings is 2. The summed E-state index contributed by atoms with van der Waals surface area (Å²) in [7, 11) is 3.72. The van der Waals surface area contributed by atoms with Crippen molar-refractivity contribution in [3.05, 3.63) is 71.4 Å². The number of piperidine rings is 1. The van der Waals surface area contributed by atoms with Crippen LogP contribution in [0.5, 0.6) is 5.88 Å². The number of rotatable bonds is 4. The fourth-order valence-electron chi connectivity index (χ4n) is 4.45. The second kappa shape index (κ2) is 11.3. The van der Waals surface area contributed by atoms with Crippen LogP contribution in [-0.4, -0.2) is 51.6 Å². The van der Waals surface area contributed by atoms with E-state index in [1.807, 2.05) is 6.07 Å². The number of ether oxygens (including phenoxy) is 1. The second-order valence-electron chi connectivity index (χ2n) is 8.93. The van der Waals surface area contributed by atoms with Gasteiger partial charge in [0.2, 0.25) is 5.88 Å². The third-order valence-corrected chi connectivity index (χ3v) is 6.45. The molecule has 186 valence electrons. The van der Waals surface area contributed by atoms with Crippen LogP contribution < -0.4 is 4.74 Å². The van der Waals surface area contributed by atoms with Crippen LogP contribution >= 0.6 is 0 Å². The molecule has 5 rings (SSSR count). The van der Waals surface area contributed by atoms with Crippen molar-refractivity contribution in [3.63, 3.8) is 0 Å². The number of aliphatic hydroxyl groups excluding tert-OH is 1. The number of halogens is 1. The molecule has 0 radical (unpaired) electrons. The minimum absolute atomic E-state index is 0.261. The van der Waals surface area contributed by atoms with E-state index in [2.05, 4.69) is 28.0 Å². The average Bonchev–Trinajstić information content (AvgIpc) is 3.38. The SMILES string of the molecule is CN1CCCCC1.COc1nc(-c2ccc(C#N)cc2)c(-c2cc(C)c(CO)c(F)c2)n2cncc12. The minimum Gasteiger partial charge on any atom is -0.479 e. The number of aryl methyl sites for hydroxylation is 1. The van der Waals surface area contributed by atoms with Gasteiger partial charge in [-0.3, -0.25) is 4.40 Å². The number of nitrogens with zero attached hydrogens (tertiary/aromatic N) is 5. The Morgan fingerprint density at radius 2 is 1.83 bits per heavy atom. The summed E-state index contributed by atoms with van der Waals surface area (Å²) in [4.78, 5) is 11.3. The van der Waals surface area contributed by atoms with E-state index in [0.29, 0.717) is 39.5 Å². The third-order valence-electron chi connectivity index (χ3n) is 6.45. The Kier molecular flexibility index (Phi) is 7.93. The molecule has 0 atom stereocenters. The van der Waals surface area contributed by atoms with Gasteiger partial charge >= 0.3 is 0 Å². The molecule has 1 N–H and O–H groups in total. The number of hydrogen-bond donors (Lipinski definition) is 1. The van der Waals surface area contributed by atoms with E-state index in [-0.39, 0.29) is 12.2 Å². The lowest BCUT2D eigenvalue weighted by Gasteiger charge is -2.20. The molecule has 36 heavy (non-hydrogen) atoms. The number of nitriles is 1. The van der Waals surface area contributed by atoms with Crippen LogP contribution in [0.25, 0.3) is 28.0 Å². The van der Waals surface area contributed by atoms with Gasteiger partial charge in [-0.1, -0.05) is 18.6 Å². The topological polar surface area (TPSA) is 86.7 Å². The number of likely N-dealkylation sites (tertiary alicyclic amines) is 1. The molecule has 1 fully saturated rings. The highest BCUT2D eigenvalue weighted by molar-refractivity contribution is 5.82. The number of aliphatic hydroxyl groups is 1. The van der Waals surface area contributed by atoms with E-state index in [9.17, 15) is 9.50 Å². The van der Waals surface area contributed by atoms with Crippen LogP contribution in [0, 0.1) is 24.1 Å². The largest absolute Gasteiger partial charge is 0.479 e. The molecule has 0 amide bonds. The standard InChI is InChI=1S/C22H17FN4O2.C6H13N/c1-13-7-16(8-18(23)17(13)11-28)21-20(15-5-3-14(9-24)4-6-15)26-22(29-2)19-10-25-12-27(19)21;1-7-5-3-2-4-6-7/h3-8,10,12,28H,11H2,1-2H3;2-6H2,1H3. The van der Waals surface area contributed by atoms with E-state index in [0.717, 1.165) is 5.56 Å². The molecule has 4 aromatic rings. The first-order chi connectivity index (χ1) is 17.5. The Bertz CT molecular complexity index is 1360. The first-order valence-electron chi connectivity index (χ1n) is 12.0. The predicted octanol–water partition coefficient (Wildman–Crippen LogP) is 4.99. The molecule has 2 aromatic carbocycles. The van der Waals surface area contributed by atoms with Crippen molar-refractivity contribution in [2.45, 2.75) is 32.8 Å². The highest BCUT2D eigenvalue weighted by Crippen LogP contribution is 2.36. The molecular weight excluding hydrogens is 457 g/mol. The molecule has 1 saturated heterocycles. The van der Waals surface area contributed by atoms with Crippen molar-refractivity contribution in [2.75, 3.05) is 27.2 Å². The number of methoxy groups -OCH3 is 1. The molecule has 0 spiro atoms. The van der Waals surface area contributed by atoms with Gasteiger partial charge in [-0.25, -0.2) is 14.4 Å². The lowest BCUT2D eigenvalue weighted by molar-refractivity contribution is 0.275. The summed E-state index contributed by atoms with van der Waals surface area (Å²) < 4.78 is 21.9. The number of aromatic nitrogens is 3. The second-order valence-corrected chi connectivity index (χ2v) is 8.93. The molecule has 1 aliphatic rings. The van der Waals surface area contributed by atoms with Gasteiger partial charge in [0.05, 0.1) is 49.3 Å². The molecule has 1 aliphatic heterocycles. The summed E-state index contributed by atoms with van der Waals surface area (Å²) in [5.74, 6) is -0.104. The number of hydrogen-bond acceptors (Lipinski definition) is 6. The van der Waals surface area contributed by atoms with Gasteiger partial charge < -0.3 is 14.7 Å². The minimum atomic E-state index is -0.489. The van der Waals surface area contributed by atoms with Crippen LogP contribution in [-0.2, 0) is 6.61 Å². The Balaban J connectivity index is 0.000000375. The highest BCUT2D eigenvalue weighted by atomic mass is 19.1. The van der Waals surface area contributed by atoms with Gasteiger partial charge in [0.25, 0.3) is 0 Å². The molecule has 7 nitrogen and oxygen atoms in total. The molecule has 8 heteroatoms. The monoisotopic (exact) mass is 487 g/mol. The van der Waals surface area contributed by atoms with E-state index >= 15 is 0 Å². The molecule has 2 aromatic heterocycles. The van der Waals surface area contributed by atoms with Crippen LogP contribution in [0.3, 0.4) is 0 Å². The van der Waals surface area contributed by atoms with Gasteiger partial charge in [0, 0.05) is 16.7 Å². The molecule has 3 heterocycles. The molecule has 0 aliphatic carbocycles. The van der Waals surface area contributed by atoms with Gasteiger partial charge in [-0.2, -0.15) is 5.26 Å². The van der Waals surface area contributed by atoms with Gasteiger partial charge in [0.1, 0.15) is 11.3 Å². The number of imidazole rings is 1. The maximum Gasteiger partial charge on any atom is 0.240 e. The van der Waals surface area contributed by atoms with Crippen molar-refractivity contribution in [1.82, 2.24) is 19.3 Å². The maximum absolute atomic E-state index is 14.6. The Morgan fingerprint density at radius 3 is 2.39 bits per heavy atom. The first kappa shape index (κ1) is 25.3. The van der Waals surface area contributed by atoms with Gasteiger partial charge in [-0.05, 0) is 69.7 Å². The maximum atomic E-state index is 14.6. The van der Waals surface area contributed by atoms with E-state index in [1.54, 1.807) is 48.1 Å². The highest BCUT2D eigenvalue weighted by Gasteiger charge is 2.20. The van der Waals surface area contributed by atoms with Crippen molar-refractivity contribution in [1.29, 1.82) is 5.26 Å². The summed E-state index contributed by atoms with van der Waals surface area (Å²) in [5, 5.41) is 18.5. The summed E-state index contributed by atoms with van der Waals surface area (Å²) in [6.45, 7) is 4.02. The molecular formula is C28H30FN5O2. The van der Waals surface area contributed by atoms with E-state index in [1.165, 1.54) is 45.5 Å². The third kappa shape index (κ3) is 5.23. The Hall–Kier alpha value is -3.80. The van der Waals surface area contributed by atoms with Crippen molar-refractivity contribution in [2.24, 2.45) is 0 Å². The lowest BCUT2D eigenvalue weighted by Crippen LogP contribution is -2.24. The normalized spacial score (nSPS) is 13.7. The summed E-state index contributed by atoms with van der Waals surface area (Å²) in [6, 6.07) is 12.3. The summed E-state index contributed by atoms with van der Waals surface area (Å²) in [5.41, 5.74) is 4.60. The lowest BCUT2D eigenvalue weighted by atomic mass is 9.98. The fraction of sp³-hybridized carbons (Fsp3) is 0.321. The Morgan fingerprint density at radius 1 is 1.11 bits per heavy atom. The quantitative estimate of drug-likeness (QED) is 0.437.